The smallest absolute Gasteiger partial charge is 0.277 e. The minimum atomic E-state index is -3.64. The summed E-state index contributed by atoms with van der Waals surface area (Å²) in [5, 5.41) is 0. The number of nitrogens with zero attached hydrogens (tertiary/aromatic N) is 2. The van der Waals surface area contributed by atoms with E-state index in [9.17, 15) is 18.0 Å². The first-order chi connectivity index (χ1) is 8.74. The highest BCUT2D eigenvalue weighted by Crippen LogP contribution is 2.25. The molecule has 2 amide bonds. The molecule has 0 unspecified atom stereocenters. The molecular weight excluding hydrogens is 270 g/mol. The van der Waals surface area contributed by atoms with Crippen molar-refractivity contribution >= 4 is 27.7 Å². The molecule has 0 aromatic heterocycles. The molecule has 2 rings (SSSR count). The van der Waals surface area contributed by atoms with Crippen LogP contribution in [0.4, 0.5) is 5.69 Å². The van der Waals surface area contributed by atoms with E-state index in [2.05, 4.69) is 4.72 Å². The first-order valence-electron chi connectivity index (χ1n) is 5.41. The topological polar surface area (TPSA) is 86.8 Å². The molecule has 0 saturated carbocycles. The monoisotopic (exact) mass is 283 g/mol. The first kappa shape index (κ1) is 13.5. The Hall–Kier alpha value is -1.93. The van der Waals surface area contributed by atoms with Crippen molar-refractivity contribution in [1.29, 1.82) is 0 Å². The average molecular weight is 283 g/mol. The van der Waals surface area contributed by atoms with E-state index in [4.69, 9.17) is 0 Å². The van der Waals surface area contributed by atoms with Crippen molar-refractivity contribution in [1.82, 2.24) is 9.21 Å². The summed E-state index contributed by atoms with van der Waals surface area (Å²) in [4.78, 5) is 24.4. The van der Waals surface area contributed by atoms with Crippen molar-refractivity contribution in [3.63, 3.8) is 0 Å². The van der Waals surface area contributed by atoms with E-state index in [1.807, 2.05) is 0 Å². The summed E-state index contributed by atoms with van der Waals surface area (Å²) in [5.74, 6) is -0.826. The number of carbonyl (C=O) groups excluding carboxylic acids is 2. The van der Waals surface area contributed by atoms with E-state index in [0.717, 1.165) is 9.21 Å². The number of hydrogen-bond donors (Lipinski definition) is 1. The van der Waals surface area contributed by atoms with Crippen LogP contribution in [-0.2, 0) is 10.2 Å². The maximum absolute atomic E-state index is 11.8. The van der Waals surface area contributed by atoms with E-state index in [0.29, 0.717) is 0 Å². The van der Waals surface area contributed by atoms with Gasteiger partial charge in [0.2, 0.25) is 0 Å². The van der Waals surface area contributed by atoms with E-state index in [1.54, 1.807) is 0 Å². The summed E-state index contributed by atoms with van der Waals surface area (Å²) < 4.78 is 26.7. The first-order valence-corrected chi connectivity index (χ1v) is 6.85. The Morgan fingerprint density at radius 1 is 1.11 bits per heavy atom. The zero-order valence-electron chi connectivity index (χ0n) is 10.7. The summed E-state index contributed by atoms with van der Waals surface area (Å²) in [6, 6.07) is 4.25. The zero-order valence-corrected chi connectivity index (χ0v) is 11.5. The molecule has 102 valence electrons. The van der Waals surface area contributed by atoms with E-state index >= 15 is 0 Å². The lowest BCUT2D eigenvalue weighted by Crippen LogP contribution is -2.29. The van der Waals surface area contributed by atoms with Crippen LogP contribution in [0.2, 0.25) is 0 Å². The van der Waals surface area contributed by atoms with Crippen LogP contribution in [-0.4, -0.2) is 50.6 Å². The van der Waals surface area contributed by atoms with Crippen molar-refractivity contribution in [2.45, 2.75) is 0 Å². The fourth-order valence-electron chi connectivity index (χ4n) is 1.66. The molecule has 0 spiro atoms. The maximum atomic E-state index is 11.8. The van der Waals surface area contributed by atoms with E-state index in [1.165, 1.54) is 39.3 Å². The number of amides is 2. The van der Waals surface area contributed by atoms with Gasteiger partial charge < -0.3 is 0 Å². The van der Waals surface area contributed by atoms with Gasteiger partial charge in [-0.1, -0.05) is 0 Å². The number of anilines is 1. The molecule has 1 aromatic rings. The Balaban J connectivity index is 2.40. The van der Waals surface area contributed by atoms with Gasteiger partial charge in [0, 0.05) is 21.1 Å². The third-order valence-corrected chi connectivity index (χ3v) is 4.27. The van der Waals surface area contributed by atoms with Gasteiger partial charge in [0.05, 0.1) is 16.8 Å². The molecule has 7 nitrogen and oxygen atoms in total. The van der Waals surface area contributed by atoms with Crippen molar-refractivity contribution < 1.29 is 18.0 Å². The van der Waals surface area contributed by atoms with Crippen molar-refractivity contribution in [3.8, 4) is 0 Å². The molecule has 0 saturated heterocycles. The van der Waals surface area contributed by atoms with Crippen LogP contribution in [0.25, 0.3) is 0 Å². The highest BCUT2D eigenvalue weighted by molar-refractivity contribution is 7.90. The number of nitrogens with one attached hydrogen (secondary N) is 1. The fourth-order valence-corrected chi connectivity index (χ4v) is 2.27. The van der Waals surface area contributed by atoms with Gasteiger partial charge in [-0.2, -0.15) is 12.7 Å². The third-order valence-electron chi connectivity index (χ3n) is 2.82. The number of carbonyl (C=O) groups is 2. The van der Waals surface area contributed by atoms with Crippen molar-refractivity contribution in [3.05, 3.63) is 29.3 Å². The summed E-state index contributed by atoms with van der Waals surface area (Å²) in [7, 11) is 0.518. The quantitative estimate of drug-likeness (QED) is 0.799. The molecule has 1 N–H and O–H groups in total. The summed E-state index contributed by atoms with van der Waals surface area (Å²) in [5.41, 5.74) is 0.718. The molecule has 0 radical (unpaired) electrons. The second-order valence-corrected chi connectivity index (χ2v) is 6.20. The largest absolute Gasteiger partial charge is 0.301 e. The molecule has 8 heteroatoms. The lowest BCUT2D eigenvalue weighted by molar-refractivity contribution is 0.0693. The summed E-state index contributed by atoms with van der Waals surface area (Å²) in [6.45, 7) is 0. The van der Waals surface area contributed by atoms with Gasteiger partial charge in [-0.3, -0.25) is 19.2 Å². The van der Waals surface area contributed by atoms with Crippen molar-refractivity contribution in [2.24, 2.45) is 0 Å². The SMILES string of the molecule is CN1C(=O)c2ccc(NS(=O)(=O)N(C)C)cc2C1=O. The van der Waals surface area contributed by atoms with Gasteiger partial charge in [-0.25, -0.2) is 0 Å². The number of hydrogen-bond acceptors (Lipinski definition) is 4. The number of benzene rings is 1. The van der Waals surface area contributed by atoms with Crippen LogP contribution in [0.3, 0.4) is 0 Å². The molecule has 0 aliphatic carbocycles. The minimum Gasteiger partial charge on any atom is -0.277 e. The molecular formula is C11H13N3O4S. The van der Waals surface area contributed by atoms with Crippen molar-refractivity contribution in [2.75, 3.05) is 25.9 Å². The summed E-state index contributed by atoms with van der Waals surface area (Å²) >= 11 is 0. The Morgan fingerprint density at radius 3 is 2.26 bits per heavy atom. The maximum Gasteiger partial charge on any atom is 0.301 e. The molecule has 1 aromatic carbocycles. The summed E-state index contributed by atoms with van der Waals surface area (Å²) in [6.07, 6.45) is 0. The van der Waals surface area contributed by atoms with Crippen LogP contribution < -0.4 is 4.72 Å². The Labute approximate surface area is 111 Å². The normalized spacial score (nSPS) is 15.1. The zero-order chi connectivity index (χ0) is 14.4. The van der Waals surface area contributed by atoms with Crippen LogP contribution in [0.15, 0.2) is 18.2 Å². The van der Waals surface area contributed by atoms with Crippen LogP contribution >= 0.6 is 0 Å². The Kier molecular flexibility index (Phi) is 3.07. The highest BCUT2D eigenvalue weighted by atomic mass is 32.2. The Bertz CT molecular complexity index is 667. The average Bonchev–Trinajstić information content (AvgIpc) is 2.54. The second kappa shape index (κ2) is 4.32. The highest BCUT2D eigenvalue weighted by Gasteiger charge is 2.33. The predicted molar refractivity (Wildman–Crippen MR) is 69.1 cm³/mol. The van der Waals surface area contributed by atoms with Gasteiger partial charge in [0.1, 0.15) is 0 Å². The molecule has 1 aliphatic heterocycles. The second-order valence-electron chi connectivity index (χ2n) is 4.32. The van der Waals surface area contributed by atoms with Crippen LogP contribution in [0.1, 0.15) is 20.7 Å². The molecule has 1 heterocycles. The van der Waals surface area contributed by atoms with Crippen LogP contribution in [0, 0.1) is 0 Å². The number of rotatable bonds is 3. The minimum absolute atomic E-state index is 0.200. The predicted octanol–water partition coefficient (Wildman–Crippen LogP) is 0.131. The molecule has 1 aliphatic rings. The molecule has 0 bridgehead atoms. The van der Waals surface area contributed by atoms with Crippen LogP contribution in [0.5, 0.6) is 0 Å². The molecule has 19 heavy (non-hydrogen) atoms. The third kappa shape index (κ3) is 2.20. The van der Waals surface area contributed by atoms with E-state index in [-0.39, 0.29) is 22.7 Å². The van der Waals surface area contributed by atoms with Gasteiger partial charge in [-0.05, 0) is 18.2 Å². The lowest BCUT2D eigenvalue weighted by atomic mass is 10.1. The Morgan fingerprint density at radius 2 is 1.68 bits per heavy atom. The molecule has 0 fully saturated rings. The van der Waals surface area contributed by atoms with Gasteiger partial charge >= 0.3 is 10.2 Å². The molecule has 0 atom stereocenters. The fraction of sp³-hybridized carbons (Fsp3) is 0.273. The number of imide groups is 1. The van der Waals surface area contributed by atoms with Gasteiger partial charge in [0.15, 0.2) is 0 Å². The van der Waals surface area contributed by atoms with Gasteiger partial charge in [0.25, 0.3) is 11.8 Å². The lowest BCUT2D eigenvalue weighted by Gasteiger charge is -2.13. The standard InChI is InChI=1S/C11H13N3O4S/c1-13(2)19(17,18)12-7-4-5-8-9(6-7)11(16)14(3)10(8)15/h4-6,12H,1-3H3. The van der Waals surface area contributed by atoms with Gasteiger partial charge in [-0.15, -0.1) is 0 Å². The van der Waals surface area contributed by atoms with E-state index < -0.39 is 16.1 Å². The number of fused-ring (bicyclic) bond motifs is 1.